The molecule has 0 saturated heterocycles. The smallest absolute Gasteiger partial charge is 0.151 e. The molecule has 3 N–H and O–H groups in total. The summed E-state index contributed by atoms with van der Waals surface area (Å²) in [5, 5.41) is 0. The first-order valence-electron chi connectivity index (χ1n) is 2.76. The maximum absolute atomic E-state index is 12.7. The molecule has 0 aliphatic carbocycles. The van der Waals surface area contributed by atoms with E-state index in [0.717, 1.165) is 12.1 Å². The first kappa shape index (κ1) is 8.42. The maximum atomic E-state index is 12.7. The number of halogens is 3. The van der Waals surface area contributed by atoms with Crippen molar-refractivity contribution in [2.45, 2.75) is 0 Å². The van der Waals surface area contributed by atoms with Gasteiger partial charge in [0.25, 0.3) is 0 Å². The van der Waals surface area contributed by atoms with Crippen LogP contribution in [0.15, 0.2) is 16.6 Å². The third kappa shape index (κ3) is 1.66. The van der Waals surface area contributed by atoms with Crippen molar-refractivity contribution < 1.29 is 8.78 Å². The van der Waals surface area contributed by atoms with Crippen LogP contribution >= 0.6 is 15.9 Å². The summed E-state index contributed by atoms with van der Waals surface area (Å²) in [5.41, 5.74) is 2.15. The molecule has 0 saturated carbocycles. The molecule has 0 aliphatic rings. The van der Waals surface area contributed by atoms with E-state index in [4.69, 9.17) is 5.84 Å². The average Bonchev–Trinajstić information content (AvgIpc) is 1.85. The Morgan fingerprint density at radius 2 is 2.00 bits per heavy atom. The largest absolute Gasteiger partial charge is 0.321 e. The summed E-state index contributed by atoms with van der Waals surface area (Å²) in [5.74, 6) is 3.59. The van der Waals surface area contributed by atoms with Gasteiger partial charge in [0.15, 0.2) is 5.82 Å². The Hall–Kier alpha value is -0.680. The lowest BCUT2D eigenvalue weighted by atomic mass is 10.3. The van der Waals surface area contributed by atoms with E-state index in [-0.39, 0.29) is 10.2 Å². The predicted molar refractivity (Wildman–Crippen MR) is 41.9 cm³/mol. The highest BCUT2D eigenvalue weighted by molar-refractivity contribution is 9.10. The molecule has 0 aliphatic heterocycles. The van der Waals surface area contributed by atoms with Crippen molar-refractivity contribution in [3.05, 3.63) is 28.2 Å². The number of hydrogen-bond acceptors (Lipinski definition) is 2. The summed E-state index contributed by atoms with van der Waals surface area (Å²) in [4.78, 5) is 0. The molecule has 0 fully saturated rings. The van der Waals surface area contributed by atoms with Crippen LogP contribution in [-0.2, 0) is 0 Å². The number of nitrogens with two attached hydrogens (primary N) is 1. The highest BCUT2D eigenvalue weighted by atomic mass is 79.9. The van der Waals surface area contributed by atoms with E-state index in [9.17, 15) is 8.78 Å². The zero-order chi connectivity index (χ0) is 8.43. The van der Waals surface area contributed by atoms with Crippen molar-refractivity contribution >= 4 is 21.6 Å². The molecule has 1 rings (SSSR count). The van der Waals surface area contributed by atoms with Crippen LogP contribution in [0.2, 0.25) is 0 Å². The van der Waals surface area contributed by atoms with Crippen molar-refractivity contribution in [3.8, 4) is 0 Å². The minimum atomic E-state index is -0.723. The monoisotopic (exact) mass is 222 g/mol. The second-order valence-electron chi connectivity index (χ2n) is 1.89. The Labute approximate surface area is 70.5 Å². The molecule has 0 unspecified atom stereocenters. The summed E-state index contributed by atoms with van der Waals surface area (Å²) in [6.07, 6.45) is 0. The molecule has 0 radical (unpaired) electrons. The summed E-state index contributed by atoms with van der Waals surface area (Å²) in [6.45, 7) is 0. The summed E-state index contributed by atoms with van der Waals surface area (Å²) in [6, 6.07) is 1.87. The Kier molecular flexibility index (Phi) is 2.41. The number of rotatable bonds is 1. The molecule has 1 aromatic carbocycles. The number of nitrogens with one attached hydrogen (secondary N) is 1. The van der Waals surface area contributed by atoms with Crippen molar-refractivity contribution in [3.63, 3.8) is 0 Å². The van der Waals surface area contributed by atoms with Crippen LogP contribution in [0.1, 0.15) is 0 Å². The number of anilines is 1. The fourth-order valence-electron chi connectivity index (χ4n) is 0.680. The highest BCUT2D eigenvalue weighted by Gasteiger charge is 2.06. The lowest BCUT2D eigenvalue weighted by molar-refractivity contribution is 0.584. The Morgan fingerprint density at radius 1 is 1.36 bits per heavy atom. The third-order valence-corrected chi connectivity index (χ3v) is 1.78. The van der Waals surface area contributed by atoms with E-state index in [1.807, 2.05) is 0 Å². The van der Waals surface area contributed by atoms with Crippen LogP contribution in [0, 0.1) is 11.6 Å². The normalized spacial score (nSPS) is 9.82. The molecular formula is C6H5BrF2N2. The van der Waals surface area contributed by atoms with Crippen LogP contribution in [0.4, 0.5) is 14.5 Å². The predicted octanol–water partition coefficient (Wildman–Crippen LogP) is 2.01. The first-order valence-corrected chi connectivity index (χ1v) is 3.55. The van der Waals surface area contributed by atoms with Crippen molar-refractivity contribution in [2.24, 2.45) is 5.84 Å². The topological polar surface area (TPSA) is 38.0 Å². The van der Waals surface area contributed by atoms with E-state index < -0.39 is 11.6 Å². The van der Waals surface area contributed by atoms with Gasteiger partial charge in [0, 0.05) is 10.5 Å². The summed E-state index contributed by atoms with van der Waals surface area (Å²) in [7, 11) is 0. The quantitative estimate of drug-likeness (QED) is 0.564. The summed E-state index contributed by atoms with van der Waals surface area (Å²) < 4.78 is 25.4. The minimum Gasteiger partial charge on any atom is -0.321 e. The first-order chi connectivity index (χ1) is 5.15. The fourth-order valence-corrected chi connectivity index (χ4v) is 1.20. The summed E-state index contributed by atoms with van der Waals surface area (Å²) >= 11 is 2.94. The lowest BCUT2D eigenvalue weighted by Crippen LogP contribution is -2.09. The van der Waals surface area contributed by atoms with Gasteiger partial charge in [0.1, 0.15) is 5.82 Å². The number of hydrogen-bond donors (Lipinski definition) is 2. The van der Waals surface area contributed by atoms with Crippen LogP contribution in [0.3, 0.4) is 0 Å². The molecule has 0 spiro atoms. The van der Waals surface area contributed by atoms with Crippen molar-refractivity contribution in [1.29, 1.82) is 0 Å². The molecule has 60 valence electrons. The van der Waals surface area contributed by atoms with Gasteiger partial charge in [-0.15, -0.1) is 0 Å². The Bertz CT molecular complexity index is 254. The molecule has 0 bridgehead atoms. The van der Waals surface area contributed by atoms with Gasteiger partial charge in [-0.2, -0.15) is 0 Å². The van der Waals surface area contributed by atoms with E-state index in [2.05, 4.69) is 21.4 Å². The zero-order valence-corrected chi connectivity index (χ0v) is 6.95. The minimum absolute atomic E-state index is 0.0476. The molecule has 5 heteroatoms. The van der Waals surface area contributed by atoms with E-state index in [1.54, 1.807) is 0 Å². The second kappa shape index (κ2) is 3.15. The van der Waals surface area contributed by atoms with Crippen LogP contribution in [0.5, 0.6) is 0 Å². The van der Waals surface area contributed by atoms with Gasteiger partial charge in [-0.1, -0.05) is 0 Å². The van der Waals surface area contributed by atoms with E-state index in [0.29, 0.717) is 0 Å². The van der Waals surface area contributed by atoms with Crippen molar-refractivity contribution in [2.75, 3.05) is 5.43 Å². The van der Waals surface area contributed by atoms with Crippen LogP contribution < -0.4 is 11.3 Å². The Balaban J connectivity index is 3.25. The zero-order valence-electron chi connectivity index (χ0n) is 5.37. The highest BCUT2D eigenvalue weighted by Crippen LogP contribution is 2.25. The standard InChI is InChI=1S/C6H5BrF2N2/c7-4-1-3(8)2-5(9)6(4)11-10/h1-2,11H,10H2. The Morgan fingerprint density at radius 3 is 2.45 bits per heavy atom. The van der Waals surface area contributed by atoms with Crippen molar-refractivity contribution in [1.82, 2.24) is 0 Å². The molecular weight excluding hydrogens is 218 g/mol. The second-order valence-corrected chi connectivity index (χ2v) is 2.74. The number of hydrazine groups is 1. The van der Waals surface area contributed by atoms with Gasteiger partial charge in [-0.05, 0) is 22.0 Å². The van der Waals surface area contributed by atoms with E-state index in [1.165, 1.54) is 0 Å². The average molecular weight is 223 g/mol. The molecule has 0 atom stereocenters. The molecule has 0 heterocycles. The molecule has 0 aromatic heterocycles. The molecule has 11 heavy (non-hydrogen) atoms. The van der Waals surface area contributed by atoms with Crippen LogP contribution in [-0.4, -0.2) is 0 Å². The van der Waals surface area contributed by atoms with Gasteiger partial charge in [-0.3, -0.25) is 5.84 Å². The number of benzene rings is 1. The lowest BCUT2D eigenvalue weighted by Gasteiger charge is -2.03. The van der Waals surface area contributed by atoms with Gasteiger partial charge >= 0.3 is 0 Å². The van der Waals surface area contributed by atoms with Gasteiger partial charge in [-0.25, -0.2) is 8.78 Å². The van der Waals surface area contributed by atoms with Gasteiger partial charge < -0.3 is 5.43 Å². The van der Waals surface area contributed by atoms with Crippen LogP contribution in [0.25, 0.3) is 0 Å². The fraction of sp³-hybridized carbons (Fsp3) is 0. The maximum Gasteiger partial charge on any atom is 0.151 e. The third-order valence-electron chi connectivity index (χ3n) is 1.15. The molecule has 0 amide bonds. The SMILES string of the molecule is NNc1c(F)cc(F)cc1Br. The van der Waals surface area contributed by atoms with E-state index >= 15 is 0 Å². The number of nitrogen functional groups attached to an aromatic ring is 1. The molecule has 1 aromatic rings. The molecule has 2 nitrogen and oxygen atoms in total. The van der Waals surface area contributed by atoms with Gasteiger partial charge in [0.05, 0.1) is 5.69 Å². The van der Waals surface area contributed by atoms with Gasteiger partial charge in [0.2, 0.25) is 0 Å².